The SMILES string of the molecule is O=[N+]([O-])c1ccc(N2CC[NH+](Cc3nnnn3C3CCCCC3)CC2)cc1. The van der Waals surface area contributed by atoms with E-state index in [2.05, 4.69) is 25.1 Å². The first-order valence-corrected chi connectivity index (χ1v) is 9.80. The van der Waals surface area contributed by atoms with Crippen molar-refractivity contribution in [2.24, 2.45) is 0 Å². The fraction of sp³-hybridized carbons (Fsp3) is 0.611. The van der Waals surface area contributed by atoms with Gasteiger partial charge in [-0.15, -0.1) is 5.10 Å². The molecule has 4 rings (SSSR count). The molecule has 27 heavy (non-hydrogen) atoms. The molecule has 1 saturated heterocycles. The summed E-state index contributed by atoms with van der Waals surface area (Å²) < 4.78 is 2.06. The lowest BCUT2D eigenvalue weighted by atomic mass is 9.95. The molecule has 1 aromatic heterocycles. The summed E-state index contributed by atoms with van der Waals surface area (Å²) in [6.07, 6.45) is 6.22. The van der Waals surface area contributed by atoms with Crippen LogP contribution >= 0.6 is 0 Å². The molecule has 9 nitrogen and oxygen atoms in total. The van der Waals surface area contributed by atoms with Crippen molar-refractivity contribution >= 4 is 11.4 Å². The number of tetrazole rings is 1. The van der Waals surface area contributed by atoms with Crippen LogP contribution in [0.1, 0.15) is 44.0 Å². The van der Waals surface area contributed by atoms with Crippen LogP contribution in [0, 0.1) is 10.1 Å². The highest BCUT2D eigenvalue weighted by molar-refractivity contribution is 5.50. The molecule has 1 aromatic carbocycles. The van der Waals surface area contributed by atoms with Crippen LogP contribution in [0.5, 0.6) is 0 Å². The monoisotopic (exact) mass is 372 g/mol. The second-order valence-corrected chi connectivity index (χ2v) is 7.52. The topological polar surface area (TPSA) is 94.4 Å². The van der Waals surface area contributed by atoms with Crippen molar-refractivity contribution in [1.82, 2.24) is 20.2 Å². The van der Waals surface area contributed by atoms with Crippen molar-refractivity contribution < 1.29 is 9.82 Å². The number of anilines is 1. The van der Waals surface area contributed by atoms with E-state index in [9.17, 15) is 10.1 Å². The van der Waals surface area contributed by atoms with E-state index in [0.29, 0.717) is 6.04 Å². The number of hydrogen-bond donors (Lipinski definition) is 1. The molecule has 2 fully saturated rings. The molecule has 0 amide bonds. The van der Waals surface area contributed by atoms with Crippen LogP contribution in [0.15, 0.2) is 24.3 Å². The van der Waals surface area contributed by atoms with Crippen molar-refractivity contribution in [3.63, 3.8) is 0 Å². The predicted octanol–water partition coefficient (Wildman–Crippen LogP) is 0.992. The summed E-state index contributed by atoms with van der Waals surface area (Å²) in [6.45, 7) is 4.73. The number of hydrogen-bond acceptors (Lipinski definition) is 6. The minimum Gasteiger partial charge on any atom is -0.360 e. The first-order valence-electron chi connectivity index (χ1n) is 9.80. The summed E-state index contributed by atoms with van der Waals surface area (Å²) >= 11 is 0. The standard InChI is InChI=1S/C18H25N7O2/c26-25(27)17-8-6-15(7-9-17)23-12-10-22(11-13-23)14-18-19-20-21-24(18)16-4-2-1-3-5-16/h6-9,16H,1-5,10-14H2/p+1. The molecule has 2 heterocycles. The third kappa shape index (κ3) is 4.08. The van der Waals surface area contributed by atoms with Gasteiger partial charge in [0.15, 0.2) is 0 Å². The maximum atomic E-state index is 10.8. The number of nitrogens with zero attached hydrogens (tertiary/aromatic N) is 6. The van der Waals surface area contributed by atoms with E-state index >= 15 is 0 Å². The maximum Gasteiger partial charge on any atom is 0.269 e. The van der Waals surface area contributed by atoms with Gasteiger partial charge in [0.25, 0.3) is 5.69 Å². The molecular formula is C18H26N7O2+. The highest BCUT2D eigenvalue weighted by atomic mass is 16.6. The van der Waals surface area contributed by atoms with Crippen LogP contribution in [0.2, 0.25) is 0 Å². The second-order valence-electron chi connectivity index (χ2n) is 7.52. The Balaban J connectivity index is 1.33. The molecule has 144 valence electrons. The highest BCUT2D eigenvalue weighted by Crippen LogP contribution is 2.27. The van der Waals surface area contributed by atoms with Gasteiger partial charge in [-0.3, -0.25) is 10.1 Å². The van der Waals surface area contributed by atoms with Gasteiger partial charge in [0.1, 0.15) is 6.54 Å². The Morgan fingerprint density at radius 2 is 1.81 bits per heavy atom. The Hall–Kier alpha value is -2.55. The first-order chi connectivity index (χ1) is 13.2. The molecule has 2 aromatic rings. The summed E-state index contributed by atoms with van der Waals surface area (Å²) in [5, 5.41) is 23.3. The van der Waals surface area contributed by atoms with E-state index in [-0.39, 0.29) is 10.6 Å². The Morgan fingerprint density at radius 3 is 2.48 bits per heavy atom. The summed E-state index contributed by atoms with van der Waals surface area (Å²) in [5.74, 6) is 1.00. The van der Waals surface area contributed by atoms with E-state index in [0.717, 1.165) is 44.2 Å². The van der Waals surface area contributed by atoms with Crippen molar-refractivity contribution in [2.75, 3.05) is 31.1 Å². The zero-order chi connectivity index (χ0) is 18.6. The highest BCUT2D eigenvalue weighted by Gasteiger charge is 2.25. The Morgan fingerprint density at radius 1 is 1.11 bits per heavy atom. The number of nitro benzene ring substituents is 1. The summed E-state index contributed by atoms with van der Waals surface area (Å²) in [4.78, 5) is 14.2. The molecule has 0 bridgehead atoms. The molecule has 0 radical (unpaired) electrons. The lowest BCUT2D eigenvalue weighted by Gasteiger charge is -2.33. The fourth-order valence-electron chi connectivity index (χ4n) is 4.20. The molecule has 0 unspecified atom stereocenters. The van der Waals surface area contributed by atoms with E-state index < -0.39 is 0 Å². The van der Waals surface area contributed by atoms with Crippen molar-refractivity contribution in [3.8, 4) is 0 Å². The number of aromatic nitrogens is 4. The first kappa shape index (κ1) is 17.8. The van der Waals surface area contributed by atoms with Gasteiger partial charge in [0.2, 0.25) is 5.82 Å². The number of rotatable bonds is 5. The van der Waals surface area contributed by atoms with Gasteiger partial charge < -0.3 is 9.80 Å². The largest absolute Gasteiger partial charge is 0.360 e. The van der Waals surface area contributed by atoms with Crippen molar-refractivity contribution in [2.45, 2.75) is 44.7 Å². The van der Waals surface area contributed by atoms with E-state index in [1.807, 2.05) is 12.1 Å². The molecule has 1 aliphatic carbocycles. The zero-order valence-corrected chi connectivity index (χ0v) is 15.5. The van der Waals surface area contributed by atoms with Gasteiger partial charge in [0.05, 0.1) is 37.1 Å². The summed E-state index contributed by atoms with van der Waals surface area (Å²) in [6, 6.07) is 7.30. The molecule has 0 atom stereocenters. The van der Waals surface area contributed by atoms with Crippen molar-refractivity contribution in [1.29, 1.82) is 0 Å². The van der Waals surface area contributed by atoms with Crippen LogP contribution in [0.4, 0.5) is 11.4 Å². The third-order valence-electron chi connectivity index (χ3n) is 5.79. The average molecular weight is 372 g/mol. The summed E-state index contributed by atoms with van der Waals surface area (Å²) in [5.41, 5.74) is 1.18. The number of piperazine rings is 1. The normalized spacial score (nSPS) is 19.3. The maximum absolute atomic E-state index is 10.8. The average Bonchev–Trinajstić information content (AvgIpc) is 3.17. The molecule has 9 heteroatoms. The fourth-order valence-corrected chi connectivity index (χ4v) is 4.20. The number of benzene rings is 1. The molecule has 1 aliphatic heterocycles. The number of nitro groups is 1. The van der Waals surface area contributed by atoms with Gasteiger partial charge in [-0.25, -0.2) is 4.68 Å². The smallest absolute Gasteiger partial charge is 0.269 e. The van der Waals surface area contributed by atoms with Gasteiger partial charge in [-0.2, -0.15) is 0 Å². The zero-order valence-electron chi connectivity index (χ0n) is 15.5. The molecule has 1 N–H and O–H groups in total. The molecule has 0 spiro atoms. The van der Waals surface area contributed by atoms with Crippen LogP contribution in [0.25, 0.3) is 0 Å². The minimum atomic E-state index is -0.359. The predicted molar refractivity (Wildman–Crippen MR) is 99.6 cm³/mol. The van der Waals surface area contributed by atoms with Gasteiger partial charge in [0, 0.05) is 17.8 Å². The van der Waals surface area contributed by atoms with E-state index in [1.165, 1.54) is 37.0 Å². The minimum absolute atomic E-state index is 0.137. The molecule has 2 aliphatic rings. The third-order valence-corrected chi connectivity index (χ3v) is 5.79. The van der Waals surface area contributed by atoms with Crippen LogP contribution in [-0.2, 0) is 6.54 Å². The Labute approximate surface area is 158 Å². The molecular weight excluding hydrogens is 346 g/mol. The number of quaternary nitrogens is 1. The van der Waals surface area contributed by atoms with Gasteiger partial charge >= 0.3 is 0 Å². The van der Waals surface area contributed by atoms with Crippen LogP contribution < -0.4 is 9.80 Å². The van der Waals surface area contributed by atoms with Gasteiger partial charge in [-0.1, -0.05) is 19.3 Å². The lowest BCUT2D eigenvalue weighted by Crippen LogP contribution is -3.13. The van der Waals surface area contributed by atoms with Crippen LogP contribution in [0.3, 0.4) is 0 Å². The number of non-ortho nitro benzene ring substituents is 1. The quantitative estimate of drug-likeness (QED) is 0.621. The number of nitrogens with one attached hydrogen (secondary N) is 1. The van der Waals surface area contributed by atoms with Crippen molar-refractivity contribution in [3.05, 3.63) is 40.2 Å². The van der Waals surface area contributed by atoms with E-state index in [1.54, 1.807) is 12.1 Å². The van der Waals surface area contributed by atoms with Gasteiger partial charge in [-0.05, 0) is 35.4 Å². The Kier molecular flexibility index (Phi) is 5.28. The second kappa shape index (κ2) is 7.99. The summed E-state index contributed by atoms with van der Waals surface area (Å²) in [7, 11) is 0. The lowest BCUT2D eigenvalue weighted by molar-refractivity contribution is -0.915. The van der Waals surface area contributed by atoms with Crippen LogP contribution in [-0.4, -0.2) is 51.3 Å². The molecule has 1 saturated carbocycles. The van der Waals surface area contributed by atoms with E-state index in [4.69, 9.17) is 0 Å². The Bertz CT molecular complexity index is 762.